The molecule has 6 nitrogen and oxygen atoms in total. The molecular formula is C22H32N2O4. The van der Waals surface area contributed by atoms with Crippen LogP contribution in [0.25, 0.3) is 0 Å². The van der Waals surface area contributed by atoms with E-state index in [1.54, 1.807) is 37.3 Å². The van der Waals surface area contributed by atoms with Crippen LogP contribution < -0.4 is 14.8 Å². The predicted octanol–water partition coefficient (Wildman–Crippen LogP) is 3.40. The van der Waals surface area contributed by atoms with Crippen LogP contribution in [0.5, 0.6) is 11.5 Å². The van der Waals surface area contributed by atoms with Crippen molar-refractivity contribution in [3.05, 3.63) is 23.8 Å². The van der Waals surface area contributed by atoms with Gasteiger partial charge in [-0.2, -0.15) is 0 Å². The highest BCUT2D eigenvalue weighted by Crippen LogP contribution is 2.31. The number of rotatable bonds is 5. The molecule has 1 aromatic carbocycles. The predicted molar refractivity (Wildman–Crippen MR) is 108 cm³/mol. The van der Waals surface area contributed by atoms with Gasteiger partial charge in [0.1, 0.15) is 17.1 Å². The van der Waals surface area contributed by atoms with E-state index in [2.05, 4.69) is 5.32 Å². The summed E-state index contributed by atoms with van der Waals surface area (Å²) >= 11 is 0. The van der Waals surface area contributed by atoms with E-state index in [4.69, 9.17) is 9.47 Å². The molecule has 1 saturated carbocycles. The maximum absolute atomic E-state index is 13.1. The zero-order chi connectivity index (χ0) is 19.9. The Morgan fingerprint density at radius 2 is 1.50 bits per heavy atom. The minimum Gasteiger partial charge on any atom is -0.496 e. The molecule has 1 heterocycles. The summed E-state index contributed by atoms with van der Waals surface area (Å²) in [6.07, 6.45) is 8.55. The van der Waals surface area contributed by atoms with Crippen LogP contribution in [0.2, 0.25) is 0 Å². The maximum Gasteiger partial charge on any atom is 0.261 e. The first-order chi connectivity index (χ1) is 13.6. The minimum absolute atomic E-state index is 0.00753. The second-order valence-corrected chi connectivity index (χ2v) is 7.80. The number of likely N-dealkylation sites (tertiary alicyclic amines) is 1. The summed E-state index contributed by atoms with van der Waals surface area (Å²) in [5.41, 5.74) is 0.453. The SMILES string of the molecule is COc1cccc(OC)c1C(=O)N1CCC(C(=O)NC2CCCCCC2)CC1. The molecule has 3 rings (SSSR count). The monoisotopic (exact) mass is 388 g/mol. The number of nitrogens with one attached hydrogen (secondary N) is 1. The molecule has 1 saturated heterocycles. The number of hydrogen-bond donors (Lipinski definition) is 1. The number of hydrogen-bond acceptors (Lipinski definition) is 4. The lowest BCUT2D eigenvalue weighted by Crippen LogP contribution is -2.45. The van der Waals surface area contributed by atoms with E-state index in [1.807, 2.05) is 0 Å². The van der Waals surface area contributed by atoms with E-state index in [0.717, 1.165) is 12.8 Å². The summed E-state index contributed by atoms with van der Waals surface area (Å²) in [6, 6.07) is 5.66. The quantitative estimate of drug-likeness (QED) is 0.785. The van der Waals surface area contributed by atoms with Gasteiger partial charge in [-0.05, 0) is 37.8 Å². The van der Waals surface area contributed by atoms with E-state index in [1.165, 1.54) is 25.7 Å². The molecule has 28 heavy (non-hydrogen) atoms. The Balaban J connectivity index is 1.58. The van der Waals surface area contributed by atoms with Gasteiger partial charge in [0, 0.05) is 25.0 Å². The molecule has 154 valence electrons. The Morgan fingerprint density at radius 1 is 0.929 bits per heavy atom. The van der Waals surface area contributed by atoms with Crippen LogP contribution in [0.3, 0.4) is 0 Å². The first kappa shape index (κ1) is 20.5. The fourth-order valence-electron chi connectivity index (χ4n) is 4.31. The van der Waals surface area contributed by atoms with E-state index in [-0.39, 0.29) is 17.7 Å². The van der Waals surface area contributed by atoms with Crippen LogP contribution in [0.4, 0.5) is 0 Å². The summed E-state index contributed by atoms with van der Waals surface area (Å²) in [5, 5.41) is 3.26. The number of amides is 2. The normalized spacial score (nSPS) is 19.0. The van der Waals surface area contributed by atoms with Gasteiger partial charge in [-0.3, -0.25) is 9.59 Å². The van der Waals surface area contributed by atoms with Crippen molar-refractivity contribution in [2.45, 2.75) is 57.4 Å². The Kier molecular flexibility index (Phi) is 7.18. The van der Waals surface area contributed by atoms with Gasteiger partial charge in [-0.25, -0.2) is 0 Å². The van der Waals surface area contributed by atoms with Crippen LogP contribution >= 0.6 is 0 Å². The molecule has 0 radical (unpaired) electrons. The molecule has 6 heteroatoms. The van der Waals surface area contributed by atoms with Gasteiger partial charge in [-0.1, -0.05) is 31.7 Å². The molecule has 0 bridgehead atoms. The van der Waals surface area contributed by atoms with Gasteiger partial charge >= 0.3 is 0 Å². The topological polar surface area (TPSA) is 67.9 Å². The molecule has 1 aliphatic carbocycles. The average Bonchev–Trinajstić information content (AvgIpc) is 3.01. The molecule has 0 aromatic heterocycles. The average molecular weight is 389 g/mol. The van der Waals surface area contributed by atoms with Crippen molar-refractivity contribution in [3.8, 4) is 11.5 Å². The highest BCUT2D eigenvalue weighted by molar-refractivity contribution is 6.00. The highest BCUT2D eigenvalue weighted by atomic mass is 16.5. The van der Waals surface area contributed by atoms with Gasteiger partial charge in [-0.15, -0.1) is 0 Å². The number of nitrogens with zero attached hydrogens (tertiary/aromatic N) is 1. The van der Waals surface area contributed by atoms with E-state index in [9.17, 15) is 9.59 Å². The molecule has 1 N–H and O–H groups in total. The standard InChI is InChI=1S/C22H32N2O4/c1-27-18-10-7-11-19(28-2)20(18)22(26)24-14-12-16(13-15-24)21(25)23-17-8-5-3-4-6-9-17/h7,10-11,16-17H,3-6,8-9,12-15H2,1-2H3,(H,23,25). The Labute approximate surface area is 167 Å². The van der Waals surface area contributed by atoms with Gasteiger partial charge in [0.25, 0.3) is 5.91 Å². The number of carbonyl (C=O) groups excluding carboxylic acids is 2. The van der Waals surface area contributed by atoms with Gasteiger partial charge in [0.2, 0.25) is 5.91 Å². The van der Waals surface area contributed by atoms with Gasteiger partial charge in [0.15, 0.2) is 0 Å². The molecule has 2 amide bonds. The van der Waals surface area contributed by atoms with Gasteiger partial charge < -0.3 is 19.7 Å². The molecule has 0 atom stereocenters. The molecule has 2 aliphatic rings. The van der Waals surface area contributed by atoms with Crippen LogP contribution in [0, 0.1) is 5.92 Å². The number of carbonyl (C=O) groups is 2. The summed E-state index contributed by atoms with van der Waals surface area (Å²) in [7, 11) is 3.10. The summed E-state index contributed by atoms with van der Waals surface area (Å²) < 4.78 is 10.7. The largest absolute Gasteiger partial charge is 0.496 e. The molecule has 0 unspecified atom stereocenters. The zero-order valence-electron chi connectivity index (χ0n) is 17.0. The van der Waals surface area contributed by atoms with Crippen molar-refractivity contribution in [2.75, 3.05) is 27.3 Å². The van der Waals surface area contributed by atoms with Crippen molar-refractivity contribution in [1.82, 2.24) is 10.2 Å². The fourth-order valence-corrected chi connectivity index (χ4v) is 4.31. The van der Waals surface area contributed by atoms with Crippen molar-refractivity contribution < 1.29 is 19.1 Å². The number of ether oxygens (including phenoxy) is 2. The lowest BCUT2D eigenvalue weighted by atomic mass is 9.94. The number of methoxy groups -OCH3 is 2. The van der Waals surface area contributed by atoms with E-state index in [0.29, 0.717) is 49.0 Å². The van der Waals surface area contributed by atoms with Crippen LogP contribution in [0.15, 0.2) is 18.2 Å². The Bertz CT molecular complexity index is 653. The van der Waals surface area contributed by atoms with Crippen molar-refractivity contribution >= 4 is 11.8 Å². The molecule has 0 spiro atoms. The second-order valence-electron chi connectivity index (χ2n) is 7.80. The smallest absolute Gasteiger partial charge is 0.261 e. The lowest BCUT2D eigenvalue weighted by Gasteiger charge is -2.32. The van der Waals surface area contributed by atoms with Crippen molar-refractivity contribution in [2.24, 2.45) is 5.92 Å². The van der Waals surface area contributed by atoms with Crippen molar-refractivity contribution in [1.29, 1.82) is 0 Å². The molecule has 1 aliphatic heterocycles. The van der Waals surface area contributed by atoms with Crippen molar-refractivity contribution in [3.63, 3.8) is 0 Å². The first-order valence-electron chi connectivity index (χ1n) is 10.4. The summed E-state index contributed by atoms with van der Waals surface area (Å²) in [5.74, 6) is 1.08. The third-order valence-electron chi connectivity index (χ3n) is 6.00. The summed E-state index contributed by atoms with van der Waals surface area (Å²) in [6.45, 7) is 1.14. The summed E-state index contributed by atoms with van der Waals surface area (Å²) in [4.78, 5) is 27.5. The van der Waals surface area contributed by atoms with Crippen LogP contribution in [-0.4, -0.2) is 50.1 Å². The maximum atomic E-state index is 13.1. The lowest BCUT2D eigenvalue weighted by molar-refractivity contribution is -0.127. The highest BCUT2D eigenvalue weighted by Gasteiger charge is 2.31. The second kappa shape index (κ2) is 9.80. The van der Waals surface area contributed by atoms with Gasteiger partial charge in [0.05, 0.1) is 14.2 Å². The minimum atomic E-state index is -0.100. The third kappa shape index (κ3) is 4.78. The molecule has 2 fully saturated rings. The van der Waals surface area contributed by atoms with E-state index >= 15 is 0 Å². The van der Waals surface area contributed by atoms with E-state index < -0.39 is 0 Å². The zero-order valence-corrected chi connectivity index (χ0v) is 17.0. The van der Waals surface area contributed by atoms with Crippen LogP contribution in [0.1, 0.15) is 61.7 Å². The number of piperidine rings is 1. The van der Waals surface area contributed by atoms with Crippen LogP contribution in [-0.2, 0) is 4.79 Å². The Morgan fingerprint density at radius 3 is 2.04 bits per heavy atom. The first-order valence-corrected chi connectivity index (χ1v) is 10.4. The fraction of sp³-hybridized carbons (Fsp3) is 0.636. The third-order valence-corrected chi connectivity index (χ3v) is 6.00. The molecule has 1 aromatic rings. The number of benzene rings is 1. The molecular weight excluding hydrogens is 356 g/mol. The Hall–Kier alpha value is -2.24.